The molecule has 0 radical (unpaired) electrons. The molecule has 1 heterocycles. The molecule has 5 heteroatoms. The fourth-order valence-electron chi connectivity index (χ4n) is 3.35. The largest absolute Gasteiger partial charge is 0.496 e. The average molecular weight is 349 g/mol. The van der Waals surface area contributed by atoms with Gasteiger partial charge in [-0.15, -0.1) is 12.4 Å². The number of amides is 1. The first kappa shape index (κ1) is 18.6. The van der Waals surface area contributed by atoms with Gasteiger partial charge in [-0.25, -0.2) is 0 Å². The van der Waals surface area contributed by atoms with Gasteiger partial charge in [0.2, 0.25) is 0 Å². The highest BCUT2D eigenvalue weighted by molar-refractivity contribution is 6.08. The lowest BCUT2D eigenvalue weighted by molar-refractivity contribution is 0.0535. The van der Waals surface area contributed by atoms with Crippen molar-refractivity contribution in [3.63, 3.8) is 0 Å². The SMILES string of the molecule is COc1ccc(C(=O)N2CCC(N)C(C)(C)C2)c2ccccc12.Cl. The van der Waals surface area contributed by atoms with Crippen LogP contribution in [0.3, 0.4) is 0 Å². The first-order valence-corrected chi connectivity index (χ1v) is 8.04. The number of nitrogens with zero attached hydrogens (tertiary/aromatic N) is 1. The number of nitrogens with two attached hydrogens (primary N) is 1. The Bertz CT molecular complexity index is 745. The number of methoxy groups -OCH3 is 1. The maximum atomic E-state index is 13.1. The van der Waals surface area contributed by atoms with Crippen LogP contribution in [0, 0.1) is 5.41 Å². The standard InChI is InChI=1S/C19H24N2O2.ClH/c1-19(2)12-21(11-10-17(19)20)18(22)15-8-9-16(23-3)14-7-5-4-6-13(14)15;/h4-9,17H,10-12,20H2,1-3H3;1H. The second kappa shape index (κ2) is 6.99. The summed E-state index contributed by atoms with van der Waals surface area (Å²) in [7, 11) is 1.65. The third kappa shape index (κ3) is 3.21. The number of likely N-dealkylation sites (tertiary alicyclic amines) is 1. The van der Waals surface area contributed by atoms with Gasteiger partial charge < -0.3 is 15.4 Å². The highest BCUT2D eigenvalue weighted by Gasteiger charge is 2.35. The van der Waals surface area contributed by atoms with Crippen molar-refractivity contribution < 1.29 is 9.53 Å². The monoisotopic (exact) mass is 348 g/mol. The Hall–Kier alpha value is -1.78. The summed E-state index contributed by atoms with van der Waals surface area (Å²) in [6.45, 7) is 5.66. The number of hydrogen-bond donors (Lipinski definition) is 1. The van der Waals surface area contributed by atoms with E-state index >= 15 is 0 Å². The third-order valence-corrected chi connectivity index (χ3v) is 4.93. The minimum absolute atomic E-state index is 0. The summed E-state index contributed by atoms with van der Waals surface area (Å²) in [5.74, 6) is 0.863. The van der Waals surface area contributed by atoms with E-state index in [1.54, 1.807) is 7.11 Å². The number of halogens is 1. The number of carbonyl (C=O) groups is 1. The maximum absolute atomic E-state index is 13.1. The topological polar surface area (TPSA) is 55.6 Å². The van der Waals surface area contributed by atoms with E-state index in [9.17, 15) is 4.79 Å². The zero-order valence-electron chi connectivity index (χ0n) is 14.4. The summed E-state index contributed by atoms with van der Waals surface area (Å²) >= 11 is 0. The van der Waals surface area contributed by atoms with Crippen molar-refractivity contribution in [3.8, 4) is 5.75 Å². The van der Waals surface area contributed by atoms with Crippen LogP contribution >= 0.6 is 12.4 Å². The quantitative estimate of drug-likeness (QED) is 0.904. The van der Waals surface area contributed by atoms with Gasteiger partial charge >= 0.3 is 0 Å². The van der Waals surface area contributed by atoms with Gasteiger partial charge in [0, 0.05) is 30.1 Å². The molecule has 1 atom stereocenters. The Labute approximate surface area is 149 Å². The van der Waals surface area contributed by atoms with Crippen LogP contribution in [0.15, 0.2) is 36.4 Å². The molecule has 24 heavy (non-hydrogen) atoms. The van der Waals surface area contributed by atoms with Gasteiger partial charge in [0.25, 0.3) is 5.91 Å². The van der Waals surface area contributed by atoms with Gasteiger partial charge in [-0.1, -0.05) is 38.1 Å². The van der Waals surface area contributed by atoms with Crippen molar-refractivity contribution in [3.05, 3.63) is 42.0 Å². The molecule has 2 N–H and O–H groups in total. The molecular weight excluding hydrogens is 324 g/mol. The zero-order chi connectivity index (χ0) is 16.6. The second-order valence-corrected chi connectivity index (χ2v) is 6.97. The number of benzene rings is 2. The predicted octanol–water partition coefficient (Wildman–Crippen LogP) is 3.47. The highest BCUT2D eigenvalue weighted by atomic mass is 35.5. The van der Waals surface area contributed by atoms with Crippen molar-refractivity contribution in [1.82, 2.24) is 4.90 Å². The van der Waals surface area contributed by atoms with Crippen LogP contribution in [-0.2, 0) is 0 Å². The molecule has 1 aliphatic heterocycles. The predicted molar refractivity (Wildman–Crippen MR) is 100 cm³/mol. The van der Waals surface area contributed by atoms with Crippen molar-refractivity contribution in [1.29, 1.82) is 0 Å². The molecule has 2 aromatic rings. The maximum Gasteiger partial charge on any atom is 0.254 e. The van der Waals surface area contributed by atoms with Crippen LogP contribution in [0.5, 0.6) is 5.75 Å². The number of rotatable bonds is 2. The average Bonchev–Trinajstić information content (AvgIpc) is 2.55. The Kier molecular flexibility index (Phi) is 5.41. The van der Waals surface area contributed by atoms with E-state index in [0.29, 0.717) is 13.1 Å². The number of carbonyl (C=O) groups excluding carboxylic acids is 1. The molecule has 1 amide bonds. The van der Waals surface area contributed by atoms with E-state index < -0.39 is 0 Å². The molecule has 1 unspecified atom stereocenters. The summed E-state index contributed by atoms with van der Waals surface area (Å²) in [6.07, 6.45) is 0.840. The molecule has 1 fully saturated rings. The first-order chi connectivity index (χ1) is 10.9. The van der Waals surface area contributed by atoms with Crippen LogP contribution in [0.1, 0.15) is 30.6 Å². The van der Waals surface area contributed by atoms with Crippen molar-refractivity contribution in [2.24, 2.45) is 11.1 Å². The van der Waals surface area contributed by atoms with Gasteiger partial charge in [-0.2, -0.15) is 0 Å². The van der Waals surface area contributed by atoms with Crippen LogP contribution < -0.4 is 10.5 Å². The number of piperidine rings is 1. The molecule has 0 spiro atoms. The van der Waals surface area contributed by atoms with E-state index in [-0.39, 0.29) is 29.8 Å². The molecule has 0 aliphatic carbocycles. The molecule has 130 valence electrons. The number of hydrogen-bond acceptors (Lipinski definition) is 3. The minimum Gasteiger partial charge on any atom is -0.496 e. The molecule has 3 rings (SSSR count). The lowest BCUT2D eigenvalue weighted by atomic mass is 9.79. The van der Waals surface area contributed by atoms with Crippen LogP contribution in [-0.4, -0.2) is 37.0 Å². The van der Waals surface area contributed by atoms with E-state index in [4.69, 9.17) is 10.5 Å². The summed E-state index contributed by atoms with van der Waals surface area (Å²) in [5.41, 5.74) is 6.86. The highest BCUT2D eigenvalue weighted by Crippen LogP contribution is 2.32. The summed E-state index contributed by atoms with van der Waals surface area (Å²) in [5, 5.41) is 1.90. The Morgan fingerprint density at radius 2 is 1.88 bits per heavy atom. The fourth-order valence-corrected chi connectivity index (χ4v) is 3.35. The van der Waals surface area contributed by atoms with Crippen molar-refractivity contribution in [2.45, 2.75) is 26.3 Å². The van der Waals surface area contributed by atoms with E-state index in [0.717, 1.165) is 28.5 Å². The molecule has 0 aromatic heterocycles. The third-order valence-electron chi connectivity index (χ3n) is 4.93. The molecular formula is C19H25ClN2O2. The van der Waals surface area contributed by atoms with Crippen LogP contribution in [0.4, 0.5) is 0 Å². The summed E-state index contributed by atoms with van der Waals surface area (Å²) in [4.78, 5) is 15.0. The van der Waals surface area contributed by atoms with E-state index in [2.05, 4.69) is 13.8 Å². The molecule has 4 nitrogen and oxygen atoms in total. The van der Waals surface area contributed by atoms with Crippen LogP contribution in [0.2, 0.25) is 0 Å². The lowest BCUT2D eigenvalue weighted by Crippen LogP contribution is -2.54. The Morgan fingerprint density at radius 3 is 2.50 bits per heavy atom. The molecule has 2 aromatic carbocycles. The van der Waals surface area contributed by atoms with Crippen molar-refractivity contribution >= 4 is 29.1 Å². The molecule has 1 saturated heterocycles. The second-order valence-electron chi connectivity index (χ2n) is 6.97. The van der Waals surface area contributed by atoms with Gasteiger partial charge in [0.1, 0.15) is 5.75 Å². The minimum atomic E-state index is -0.0593. The summed E-state index contributed by atoms with van der Waals surface area (Å²) < 4.78 is 5.41. The molecule has 0 saturated carbocycles. The van der Waals surface area contributed by atoms with Gasteiger partial charge in [0.05, 0.1) is 7.11 Å². The molecule has 1 aliphatic rings. The van der Waals surface area contributed by atoms with Crippen LogP contribution in [0.25, 0.3) is 10.8 Å². The summed E-state index contributed by atoms with van der Waals surface area (Å²) in [6, 6.07) is 11.8. The van der Waals surface area contributed by atoms with Crippen molar-refractivity contribution in [2.75, 3.05) is 20.2 Å². The molecule has 0 bridgehead atoms. The normalized spacial score (nSPS) is 19.7. The zero-order valence-corrected chi connectivity index (χ0v) is 15.2. The first-order valence-electron chi connectivity index (χ1n) is 8.04. The smallest absolute Gasteiger partial charge is 0.254 e. The number of fused-ring (bicyclic) bond motifs is 1. The van der Waals surface area contributed by atoms with Gasteiger partial charge in [0.15, 0.2) is 0 Å². The van der Waals surface area contributed by atoms with E-state index in [1.165, 1.54) is 0 Å². The lowest BCUT2D eigenvalue weighted by Gasteiger charge is -2.42. The number of ether oxygens (including phenoxy) is 1. The van der Waals surface area contributed by atoms with Gasteiger partial charge in [-0.05, 0) is 29.4 Å². The Balaban J connectivity index is 0.00000208. The Morgan fingerprint density at radius 1 is 1.21 bits per heavy atom. The van der Waals surface area contributed by atoms with E-state index in [1.807, 2.05) is 41.3 Å². The fraction of sp³-hybridized carbons (Fsp3) is 0.421. The van der Waals surface area contributed by atoms with Gasteiger partial charge in [-0.3, -0.25) is 4.79 Å².